The van der Waals surface area contributed by atoms with E-state index in [1.807, 2.05) is 71.3 Å². The summed E-state index contributed by atoms with van der Waals surface area (Å²) in [5.74, 6) is 0. The van der Waals surface area contributed by atoms with Gasteiger partial charge in [-0.3, -0.25) is 4.79 Å². The fourth-order valence-electron chi connectivity index (χ4n) is 3.77. The van der Waals surface area contributed by atoms with Gasteiger partial charge in [-0.15, -0.1) is 0 Å². The fourth-order valence-corrected chi connectivity index (χ4v) is 3.77. The van der Waals surface area contributed by atoms with Crippen LogP contribution in [0, 0.1) is 0 Å². The number of rotatable bonds is 5. The molecule has 0 bridgehead atoms. The number of hydrogen-bond acceptors (Lipinski definition) is 1. The third-order valence-corrected chi connectivity index (χ3v) is 5.13. The summed E-state index contributed by atoms with van der Waals surface area (Å²) in [5, 5.41) is 0. The van der Waals surface area contributed by atoms with Gasteiger partial charge in [0.25, 0.3) is 5.56 Å². The highest BCUT2D eigenvalue weighted by molar-refractivity contribution is 5.71. The lowest BCUT2D eigenvalue weighted by Gasteiger charge is -2.24. The highest BCUT2D eigenvalue weighted by Gasteiger charge is 2.18. The van der Waals surface area contributed by atoms with Crippen LogP contribution in [0.5, 0.6) is 0 Å². The van der Waals surface area contributed by atoms with E-state index in [0.29, 0.717) is 0 Å². The van der Waals surface area contributed by atoms with Gasteiger partial charge in [-0.05, 0) is 34.7 Å². The molecule has 4 rings (SSSR count). The van der Waals surface area contributed by atoms with Gasteiger partial charge in [0.1, 0.15) is 0 Å². The summed E-state index contributed by atoms with van der Waals surface area (Å²) in [4.78, 5) is 13.3. The molecule has 2 heteroatoms. The molecule has 1 heterocycles. The number of hydrogen-bond donors (Lipinski definition) is 0. The predicted octanol–water partition coefficient (Wildman–Crippen LogP) is 6.18. The molecule has 4 aromatic rings. The molecule has 28 heavy (non-hydrogen) atoms. The first-order chi connectivity index (χ1) is 13.8. The summed E-state index contributed by atoms with van der Waals surface area (Å²) in [5.41, 5.74) is 5.17. The summed E-state index contributed by atoms with van der Waals surface area (Å²) < 4.78 is 1.94. The molecule has 0 spiro atoms. The van der Waals surface area contributed by atoms with E-state index in [1.165, 1.54) is 0 Å². The molecule has 0 aliphatic rings. The van der Waals surface area contributed by atoms with Crippen LogP contribution < -0.4 is 5.56 Å². The van der Waals surface area contributed by atoms with Gasteiger partial charge < -0.3 is 4.57 Å². The van der Waals surface area contributed by atoms with E-state index in [0.717, 1.165) is 34.4 Å². The van der Waals surface area contributed by atoms with Gasteiger partial charge in [0.2, 0.25) is 0 Å². The third-order valence-electron chi connectivity index (χ3n) is 5.13. The van der Waals surface area contributed by atoms with E-state index in [1.54, 1.807) is 6.07 Å². The van der Waals surface area contributed by atoms with Crippen molar-refractivity contribution in [3.8, 4) is 22.4 Å². The van der Waals surface area contributed by atoms with Gasteiger partial charge in [-0.2, -0.15) is 0 Å². The summed E-state index contributed by atoms with van der Waals surface area (Å²) in [6.45, 7) is 2.13. The van der Waals surface area contributed by atoms with Crippen LogP contribution in [-0.4, -0.2) is 4.57 Å². The minimum absolute atomic E-state index is 0.00581. The molecular formula is C26H23NO. The van der Waals surface area contributed by atoms with E-state index < -0.39 is 0 Å². The topological polar surface area (TPSA) is 22.0 Å². The molecule has 1 aromatic heterocycles. The van der Waals surface area contributed by atoms with E-state index in [9.17, 15) is 4.79 Å². The van der Waals surface area contributed by atoms with Gasteiger partial charge >= 0.3 is 0 Å². The molecule has 0 saturated heterocycles. The average molecular weight is 365 g/mol. The largest absolute Gasteiger partial charge is 0.301 e. The normalized spacial score (nSPS) is 11.9. The highest BCUT2D eigenvalue weighted by atomic mass is 16.1. The lowest BCUT2D eigenvalue weighted by molar-refractivity contribution is 0.554. The van der Waals surface area contributed by atoms with Crippen molar-refractivity contribution in [2.24, 2.45) is 0 Å². The molecule has 0 amide bonds. The number of benzene rings is 3. The Balaban J connectivity index is 1.96. The molecule has 0 fully saturated rings. The summed E-state index contributed by atoms with van der Waals surface area (Å²) in [7, 11) is 0. The molecule has 0 radical (unpaired) electrons. The molecule has 0 N–H and O–H groups in total. The number of pyridine rings is 1. The second-order valence-corrected chi connectivity index (χ2v) is 6.90. The van der Waals surface area contributed by atoms with Crippen LogP contribution in [0.25, 0.3) is 22.4 Å². The molecule has 2 nitrogen and oxygen atoms in total. The van der Waals surface area contributed by atoms with Crippen molar-refractivity contribution in [1.29, 1.82) is 0 Å². The predicted molar refractivity (Wildman–Crippen MR) is 116 cm³/mol. The Morgan fingerprint density at radius 2 is 1.21 bits per heavy atom. The standard InChI is InChI=1S/C26H23NO/c1-2-24(21-14-8-4-9-15-21)27-25(22-16-10-5-11-17-22)18-23(19-26(27)28)20-12-6-3-7-13-20/h3-19,24H,2H2,1H3. The number of aromatic nitrogens is 1. The highest BCUT2D eigenvalue weighted by Crippen LogP contribution is 2.30. The molecule has 1 unspecified atom stereocenters. The minimum atomic E-state index is -0.00581. The molecule has 1 atom stereocenters. The Labute approximate surface area is 165 Å². The zero-order valence-corrected chi connectivity index (χ0v) is 16.0. The second kappa shape index (κ2) is 8.10. The van der Waals surface area contributed by atoms with Crippen LogP contribution in [0.1, 0.15) is 24.9 Å². The molecule has 0 aliphatic carbocycles. The minimum Gasteiger partial charge on any atom is -0.301 e. The average Bonchev–Trinajstić information content (AvgIpc) is 2.77. The van der Waals surface area contributed by atoms with Gasteiger partial charge in [-0.1, -0.05) is 97.9 Å². The molecule has 138 valence electrons. The smallest absolute Gasteiger partial charge is 0.252 e. The zero-order chi connectivity index (χ0) is 19.3. The van der Waals surface area contributed by atoms with Crippen molar-refractivity contribution in [2.75, 3.05) is 0 Å². The number of nitrogens with zero attached hydrogens (tertiary/aromatic N) is 1. The SMILES string of the molecule is CCC(c1ccccc1)n1c(-c2ccccc2)cc(-c2ccccc2)cc1=O. The first-order valence-electron chi connectivity index (χ1n) is 9.70. The van der Waals surface area contributed by atoms with Gasteiger partial charge in [0.15, 0.2) is 0 Å². The van der Waals surface area contributed by atoms with Gasteiger partial charge in [0, 0.05) is 6.07 Å². The Bertz CT molecular complexity index is 1100. The Kier molecular flexibility index (Phi) is 5.20. The van der Waals surface area contributed by atoms with E-state index in [-0.39, 0.29) is 11.6 Å². The van der Waals surface area contributed by atoms with Gasteiger partial charge in [0.05, 0.1) is 11.7 Å². The maximum atomic E-state index is 13.3. The lowest BCUT2D eigenvalue weighted by Crippen LogP contribution is -2.26. The van der Waals surface area contributed by atoms with Crippen LogP contribution in [0.4, 0.5) is 0 Å². The third kappa shape index (κ3) is 3.54. The Morgan fingerprint density at radius 3 is 1.79 bits per heavy atom. The van der Waals surface area contributed by atoms with Crippen molar-refractivity contribution in [3.05, 3.63) is 119 Å². The first-order valence-corrected chi connectivity index (χ1v) is 9.70. The van der Waals surface area contributed by atoms with Crippen molar-refractivity contribution in [2.45, 2.75) is 19.4 Å². The van der Waals surface area contributed by atoms with Crippen molar-refractivity contribution >= 4 is 0 Å². The van der Waals surface area contributed by atoms with Crippen LogP contribution in [-0.2, 0) is 0 Å². The lowest BCUT2D eigenvalue weighted by atomic mass is 9.99. The maximum absolute atomic E-state index is 13.3. The van der Waals surface area contributed by atoms with Crippen LogP contribution in [0.2, 0.25) is 0 Å². The quantitative estimate of drug-likeness (QED) is 0.414. The van der Waals surface area contributed by atoms with E-state index in [4.69, 9.17) is 0 Å². The van der Waals surface area contributed by atoms with Crippen LogP contribution >= 0.6 is 0 Å². The monoisotopic (exact) mass is 365 g/mol. The zero-order valence-electron chi connectivity index (χ0n) is 16.0. The van der Waals surface area contributed by atoms with Crippen molar-refractivity contribution in [1.82, 2.24) is 4.57 Å². The first kappa shape index (κ1) is 18.0. The van der Waals surface area contributed by atoms with Crippen molar-refractivity contribution < 1.29 is 0 Å². The van der Waals surface area contributed by atoms with Crippen molar-refractivity contribution in [3.63, 3.8) is 0 Å². The van der Waals surface area contributed by atoms with Crippen LogP contribution in [0.15, 0.2) is 108 Å². The van der Waals surface area contributed by atoms with E-state index >= 15 is 0 Å². The van der Waals surface area contributed by atoms with Gasteiger partial charge in [-0.25, -0.2) is 0 Å². The Morgan fingerprint density at radius 1 is 0.679 bits per heavy atom. The van der Waals surface area contributed by atoms with E-state index in [2.05, 4.69) is 37.3 Å². The molecule has 0 saturated carbocycles. The molecular weight excluding hydrogens is 342 g/mol. The molecule has 3 aromatic carbocycles. The second-order valence-electron chi connectivity index (χ2n) is 6.90. The fraction of sp³-hybridized carbons (Fsp3) is 0.115. The summed E-state index contributed by atoms with van der Waals surface area (Å²) in [6, 6.07) is 34.4. The maximum Gasteiger partial charge on any atom is 0.252 e. The van der Waals surface area contributed by atoms with Crippen LogP contribution in [0.3, 0.4) is 0 Å². The summed E-state index contributed by atoms with van der Waals surface area (Å²) >= 11 is 0. The molecule has 0 aliphatic heterocycles. The Hall–Kier alpha value is -3.39. The summed E-state index contributed by atoms with van der Waals surface area (Å²) in [6.07, 6.45) is 0.842.